The standard InChI is InChI=1S/C10H12F2S/c1-2-10(11,12)9-5-3-4-8(6-9)7-13/h3-6,13H,2,7H2,1H3. The van der Waals surface area contributed by atoms with Crippen LogP contribution in [0.4, 0.5) is 8.78 Å². The lowest BCUT2D eigenvalue weighted by Crippen LogP contribution is -2.11. The number of benzene rings is 1. The molecule has 13 heavy (non-hydrogen) atoms. The van der Waals surface area contributed by atoms with Gasteiger partial charge in [0.25, 0.3) is 5.92 Å². The Bertz CT molecular complexity index is 284. The summed E-state index contributed by atoms with van der Waals surface area (Å²) in [5.74, 6) is -2.22. The lowest BCUT2D eigenvalue weighted by atomic mass is 10.0. The quantitative estimate of drug-likeness (QED) is 0.711. The number of thiol groups is 1. The number of hydrogen-bond acceptors (Lipinski definition) is 1. The van der Waals surface area contributed by atoms with E-state index in [1.54, 1.807) is 12.1 Å². The molecular formula is C10H12F2S. The lowest BCUT2D eigenvalue weighted by molar-refractivity contribution is -0.00833. The summed E-state index contributed by atoms with van der Waals surface area (Å²) in [6.45, 7) is 1.48. The van der Waals surface area contributed by atoms with Gasteiger partial charge in [0, 0.05) is 17.7 Å². The minimum absolute atomic E-state index is 0.0848. The molecule has 0 atom stereocenters. The van der Waals surface area contributed by atoms with Crippen LogP contribution in [0.3, 0.4) is 0 Å². The summed E-state index contributed by atoms with van der Waals surface area (Å²) in [7, 11) is 0. The molecule has 0 amide bonds. The van der Waals surface area contributed by atoms with E-state index in [1.165, 1.54) is 19.1 Å². The minimum atomic E-state index is -2.71. The average molecular weight is 202 g/mol. The van der Waals surface area contributed by atoms with Crippen molar-refractivity contribution in [2.45, 2.75) is 25.0 Å². The maximum atomic E-state index is 13.2. The summed E-state index contributed by atoms with van der Waals surface area (Å²) in [6, 6.07) is 6.40. The molecule has 0 radical (unpaired) electrons. The summed E-state index contributed by atoms with van der Waals surface area (Å²) in [5, 5.41) is 0. The monoisotopic (exact) mass is 202 g/mol. The van der Waals surface area contributed by atoms with E-state index < -0.39 is 5.92 Å². The van der Waals surface area contributed by atoms with Crippen molar-refractivity contribution in [3.63, 3.8) is 0 Å². The second kappa shape index (κ2) is 4.09. The molecule has 1 aromatic carbocycles. The summed E-state index contributed by atoms with van der Waals surface area (Å²) in [6.07, 6.45) is -0.164. The van der Waals surface area contributed by atoms with Gasteiger partial charge in [0.1, 0.15) is 0 Å². The van der Waals surface area contributed by atoms with E-state index >= 15 is 0 Å². The molecular weight excluding hydrogens is 190 g/mol. The molecule has 0 bridgehead atoms. The van der Waals surface area contributed by atoms with Crippen molar-refractivity contribution in [1.82, 2.24) is 0 Å². The molecule has 0 saturated heterocycles. The molecule has 0 unspecified atom stereocenters. The van der Waals surface area contributed by atoms with Crippen molar-refractivity contribution < 1.29 is 8.78 Å². The van der Waals surface area contributed by atoms with Gasteiger partial charge in [-0.05, 0) is 11.6 Å². The fraction of sp³-hybridized carbons (Fsp3) is 0.400. The van der Waals surface area contributed by atoms with Crippen LogP contribution in [0.2, 0.25) is 0 Å². The van der Waals surface area contributed by atoms with E-state index in [0.29, 0.717) is 5.75 Å². The highest BCUT2D eigenvalue weighted by Crippen LogP contribution is 2.31. The Morgan fingerprint density at radius 1 is 1.38 bits per heavy atom. The first kappa shape index (κ1) is 10.5. The predicted octanol–water partition coefficient (Wildman–Crippen LogP) is 3.62. The smallest absolute Gasteiger partial charge is 0.201 e. The number of hydrogen-bond donors (Lipinski definition) is 1. The van der Waals surface area contributed by atoms with Gasteiger partial charge in [-0.25, -0.2) is 8.78 Å². The summed E-state index contributed by atoms with van der Waals surface area (Å²) < 4.78 is 26.4. The Balaban J connectivity index is 3.01. The van der Waals surface area contributed by atoms with E-state index in [4.69, 9.17) is 0 Å². The van der Waals surface area contributed by atoms with Crippen molar-refractivity contribution >= 4 is 12.6 Å². The van der Waals surface area contributed by atoms with E-state index in [9.17, 15) is 8.78 Å². The van der Waals surface area contributed by atoms with Crippen molar-refractivity contribution in [3.05, 3.63) is 35.4 Å². The summed E-state index contributed by atoms with van der Waals surface area (Å²) >= 11 is 4.04. The fourth-order valence-electron chi connectivity index (χ4n) is 1.10. The normalized spacial score (nSPS) is 11.7. The van der Waals surface area contributed by atoms with Crippen molar-refractivity contribution in [1.29, 1.82) is 0 Å². The summed E-state index contributed by atoms with van der Waals surface area (Å²) in [4.78, 5) is 0. The zero-order valence-corrected chi connectivity index (χ0v) is 8.32. The lowest BCUT2D eigenvalue weighted by Gasteiger charge is -2.14. The molecule has 0 aromatic heterocycles. The SMILES string of the molecule is CCC(F)(F)c1cccc(CS)c1. The third-order valence-corrected chi connectivity index (χ3v) is 2.34. The highest BCUT2D eigenvalue weighted by atomic mass is 32.1. The molecule has 0 fully saturated rings. The molecule has 0 heterocycles. The Morgan fingerprint density at radius 2 is 2.08 bits per heavy atom. The second-order valence-corrected chi connectivity index (χ2v) is 3.23. The number of alkyl halides is 2. The first-order valence-electron chi connectivity index (χ1n) is 4.18. The van der Waals surface area contributed by atoms with Gasteiger partial charge in [0.15, 0.2) is 0 Å². The van der Waals surface area contributed by atoms with Gasteiger partial charge >= 0.3 is 0 Å². The number of halogens is 2. The van der Waals surface area contributed by atoms with Gasteiger partial charge in [-0.1, -0.05) is 25.1 Å². The van der Waals surface area contributed by atoms with Crippen LogP contribution in [-0.4, -0.2) is 0 Å². The van der Waals surface area contributed by atoms with E-state index in [0.717, 1.165) is 5.56 Å². The van der Waals surface area contributed by atoms with Gasteiger partial charge in [0.05, 0.1) is 0 Å². The topological polar surface area (TPSA) is 0 Å². The molecule has 0 nitrogen and oxygen atoms in total. The Morgan fingerprint density at radius 3 is 2.62 bits per heavy atom. The maximum Gasteiger partial charge on any atom is 0.273 e. The largest absolute Gasteiger partial charge is 0.273 e. The first-order chi connectivity index (χ1) is 6.10. The fourth-order valence-corrected chi connectivity index (χ4v) is 1.30. The minimum Gasteiger partial charge on any atom is -0.201 e. The molecule has 0 spiro atoms. The molecule has 0 aliphatic heterocycles. The van der Waals surface area contributed by atoms with Crippen LogP contribution in [0.25, 0.3) is 0 Å². The van der Waals surface area contributed by atoms with E-state index in [2.05, 4.69) is 12.6 Å². The van der Waals surface area contributed by atoms with E-state index in [-0.39, 0.29) is 12.0 Å². The van der Waals surface area contributed by atoms with E-state index in [1.807, 2.05) is 0 Å². The third kappa shape index (κ3) is 2.44. The van der Waals surface area contributed by atoms with Gasteiger partial charge in [-0.15, -0.1) is 0 Å². The van der Waals surface area contributed by atoms with Gasteiger partial charge < -0.3 is 0 Å². The zero-order valence-electron chi connectivity index (χ0n) is 7.43. The predicted molar refractivity (Wildman–Crippen MR) is 53.3 cm³/mol. The second-order valence-electron chi connectivity index (χ2n) is 2.92. The molecule has 1 aromatic rings. The van der Waals surface area contributed by atoms with Crippen LogP contribution in [0.1, 0.15) is 24.5 Å². The highest BCUT2D eigenvalue weighted by molar-refractivity contribution is 7.79. The molecule has 0 aliphatic carbocycles. The van der Waals surface area contributed by atoms with Crippen molar-refractivity contribution in [2.24, 2.45) is 0 Å². The Labute approximate surface area is 82.4 Å². The van der Waals surface area contributed by atoms with Crippen LogP contribution in [0.5, 0.6) is 0 Å². The number of rotatable bonds is 3. The summed E-state index contributed by atoms with van der Waals surface area (Å²) in [5.41, 5.74) is 0.913. The zero-order chi connectivity index (χ0) is 9.90. The van der Waals surface area contributed by atoms with Crippen LogP contribution in [0, 0.1) is 0 Å². The van der Waals surface area contributed by atoms with Crippen molar-refractivity contribution in [3.8, 4) is 0 Å². The molecule has 1 rings (SSSR count). The molecule has 0 aliphatic rings. The Hall–Kier alpha value is -0.570. The van der Waals surface area contributed by atoms with Crippen LogP contribution < -0.4 is 0 Å². The van der Waals surface area contributed by atoms with Gasteiger partial charge in [-0.2, -0.15) is 12.6 Å². The van der Waals surface area contributed by atoms with Gasteiger partial charge in [0.2, 0.25) is 0 Å². The molecule has 0 saturated carbocycles. The first-order valence-corrected chi connectivity index (χ1v) is 4.81. The van der Waals surface area contributed by atoms with Crippen LogP contribution >= 0.6 is 12.6 Å². The average Bonchev–Trinajstić information content (AvgIpc) is 2.18. The molecule has 3 heteroatoms. The van der Waals surface area contributed by atoms with Gasteiger partial charge in [-0.3, -0.25) is 0 Å². The van der Waals surface area contributed by atoms with Crippen LogP contribution in [0.15, 0.2) is 24.3 Å². The Kier molecular flexibility index (Phi) is 3.31. The molecule has 72 valence electrons. The third-order valence-electron chi connectivity index (χ3n) is 1.98. The highest BCUT2D eigenvalue weighted by Gasteiger charge is 2.28. The molecule has 0 N–H and O–H groups in total. The van der Waals surface area contributed by atoms with Crippen molar-refractivity contribution in [2.75, 3.05) is 0 Å². The van der Waals surface area contributed by atoms with Crippen LogP contribution in [-0.2, 0) is 11.7 Å². The maximum absolute atomic E-state index is 13.2.